The minimum Gasteiger partial charge on any atom is -0.489 e. The first kappa shape index (κ1) is 18.6. The molecule has 0 saturated heterocycles. The van der Waals surface area contributed by atoms with Crippen LogP contribution in [0.2, 0.25) is 0 Å². The number of sulfonamides is 1. The molecule has 2 aromatic carbocycles. The van der Waals surface area contributed by atoms with Gasteiger partial charge in [0.15, 0.2) is 5.82 Å². The molecule has 1 heterocycles. The van der Waals surface area contributed by atoms with Crippen molar-refractivity contribution in [1.82, 2.24) is 24.9 Å². The van der Waals surface area contributed by atoms with E-state index in [0.717, 1.165) is 18.4 Å². The van der Waals surface area contributed by atoms with Crippen molar-refractivity contribution in [1.29, 1.82) is 0 Å². The third-order valence-electron chi connectivity index (χ3n) is 4.51. The average molecular weight is 399 g/mol. The van der Waals surface area contributed by atoms with Crippen LogP contribution >= 0.6 is 0 Å². The molecule has 0 amide bonds. The molecule has 1 saturated carbocycles. The summed E-state index contributed by atoms with van der Waals surface area (Å²) in [6.45, 7) is 2.16. The van der Waals surface area contributed by atoms with E-state index >= 15 is 0 Å². The number of hydrogen-bond acceptors (Lipinski definition) is 6. The Morgan fingerprint density at radius 3 is 2.54 bits per heavy atom. The fraction of sp³-hybridized carbons (Fsp3) is 0.316. The third kappa shape index (κ3) is 4.20. The maximum Gasteiger partial charge on any atom is 0.241 e. The summed E-state index contributed by atoms with van der Waals surface area (Å²) in [5.74, 6) is 1.13. The Morgan fingerprint density at radius 1 is 1.14 bits per heavy atom. The van der Waals surface area contributed by atoms with E-state index in [-0.39, 0.29) is 10.9 Å². The lowest BCUT2D eigenvalue weighted by Crippen LogP contribution is -2.29. The fourth-order valence-electron chi connectivity index (χ4n) is 2.87. The largest absolute Gasteiger partial charge is 0.489 e. The van der Waals surface area contributed by atoms with Crippen molar-refractivity contribution in [2.24, 2.45) is 0 Å². The summed E-state index contributed by atoms with van der Waals surface area (Å²) >= 11 is 0. The van der Waals surface area contributed by atoms with E-state index in [1.807, 2.05) is 30.3 Å². The van der Waals surface area contributed by atoms with Gasteiger partial charge in [-0.2, -0.15) is 0 Å². The first-order chi connectivity index (χ1) is 13.5. The van der Waals surface area contributed by atoms with E-state index in [0.29, 0.717) is 18.2 Å². The summed E-state index contributed by atoms with van der Waals surface area (Å²) in [6.07, 6.45) is 2.03. The Balaban J connectivity index is 1.41. The van der Waals surface area contributed by atoms with Crippen LogP contribution < -0.4 is 9.46 Å². The van der Waals surface area contributed by atoms with E-state index in [9.17, 15) is 8.42 Å². The molecule has 0 radical (unpaired) electrons. The quantitative estimate of drug-likeness (QED) is 0.625. The zero-order valence-corrected chi connectivity index (χ0v) is 16.2. The zero-order valence-electron chi connectivity index (χ0n) is 15.4. The summed E-state index contributed by atoms with van der Waals surface area (Å²) in [5, 5.41) is 11.6. The maximum absolute atomic E-state index is 12.7. The molecule has 1 aliphatic carbocycles. The van der Waals surface area contributed by atoms with Crippen molar-refractivity contribution in [3.05, 3.63) is 66.0 Å². The average Bonchev–Trinajstić information content (AvgIpc) is 3.43. The molecule has 0 unspecified atom stereocenters. The Labute approximate surface area is 163 Å². The number of tetrazole rings is 1. The highest BCUT2D eigenvalue weighted by molar-refractivity contribution is 7.89. The van der Waals surface area contributed by atoms with Gasteiger partial charge in [0.25, 0.3) is 0 Å². The van der Waals surface area contributed by atoms with Crippen LogP contribution in [-0.4, -0.2) is 28.6 Å². The lowest BCUT2D eigenvalue weighted by atomic mass is 10.2. The summed E-state index contributed by atoms with van der Waals surface area (Å²) in [7, 11) is -3.71. The number of aromatic nitrogens is 4. The van der Waals surface area contributed by atoms with Gasteiger partial charge >= 0.3 is 0 Å². The Kier molecular flexibility index (Phi) is 5.10. The highest BCUT2D eigenvalue weighted by atomic mass is 32.2. The van der Waals surface area contributed by atoms with Crippen molar-refractivity contribution < 1.29 is 13.2 Å². The highest BCUT2D eigenvalue weighted by Gasteiger charge is 2.31. The Hall–Kier alpha value is -2.78. The molecule has 1 fully saturated rings. The predicted octanol–water partition coefficient (Wildman–Crippen LogP) is 2.63. The van der Waals surface area contributed by atoms with Crippen LogP contribution in [0, 0.1) is 0 Å². The second-order valence-electron chi connectivity index (χ2n) is 6.80. The van der Waals surface area contributed by atoms with E-state index in [2.05, 4.69) is 20.2 Å². The summed E-state index contributed by atoms with van der Waals surface area (Å²) in [6, 6.07) is 15.9. The number of ether oxygens (including phenoxy) is 1. The second-order valence-corrected chi connectivity index (χ2v) is 8.52. The first-order valence-corrected chi connectivity index (χ1v) is 10.6. The molecule has 28 heavy (non-hydrogen) atoms. The molecule has 1 aliphatic rings. The van der Waals surface area contributed by atoms with Crippen LogP contribution in [0.5, 0.6) is 5.75 Å². The molecule has 0 aliphatic heterocycles. The Morgan fingerprint density at radius 2 is 1.86 bits per heavy atom. The van der Waals surface area contributed by atoms with Gasteiger partial charge in [0.05, 0.1) is 17.0 Å². The maximum atomic E-state index is 12.7. The summed E-state index contributed by atoms with van der Waals surface area (Å²) in [4.78, 5) is 0.164. The van der Waals surface area contributed by atoms with Crippen molar-refractivity contribution in [2.75, 3.05) is 0 Å². The van der Waals surface area contributed by atoms with E-state index in [4.69, 9.17) is 4.74 Å². The van der Waals surface area contributed by atoms with Gasteiger partial charge < -0.3 is 4.74 Å². The van der Waals surface area contributed by atoms with Crippen molar-refractivity contribution in [2.45, 2.75) is 43.4 Å². The lowest BCUT2D eigenvalue weighted by molar-refractivity contribution is 0.306. The van der Waals surface area contributed by atoms with Gasteiger partial charge in [-0.1, -0.05) is 30.3 Å². The van der Waals surface area contributed by atoms with Gasteiger partial charge in [-0.05, 0) is 60.0 Å². The van der Waals surface area contributed by atoms with Crippen LogP contribution in [0.3, 0.4) is 0 Å². The van der Waals surface area contributed by atoms with E-state index in [1.54, 1.807) is 23.7 Å². The second kappa shape index (κ2) is 7.69. The van der Waals surface area contributed by atoms with E-state index in [1.165, 1.54) is 12.1 Å². The SMILES string of the molecule is C[C@@H](NS(=O)(=O)c1ccc(OCc2ccccc2)cc1)c1nnnn1C1CC1. The molecular formula is C19H21N5O3S. The molecule has 1 atom stereocenters. The van der Waals surface area contributed by atoms with Gasteiger partial charge in [-0.25, -0.2) is 17.8 Å². The van der Waals surface area contributed by atoms with Crippen LogP contribution in [-0.2, 0) is 16.6 Å². The standard InChI is InChI=1S/C19H21N5O3S/c1-14(19-20-22-23-24(19)16-7-8-16)21-28(25,26)18-11-9-17(10-12-18)27-13-15-5-3-2-4-6-15/h2-6,9-12,14,16,21H,7-8,13H2,1H3/t14-/m1/s1. The van der Waals surface area contributed by atoms with Gasteiger partial charge in [-0.15, -0.1) is 5.10 Å². The first-order valence-electron chi connectivity index (χ1n) is 9.10. The zero-order chi connectivity index (χ0) is 19.6. The molecule has 146 valence electrons. The van der Waals surface area contributed by atoms with Crippen LogP contribution in [0.25, 0.3) is 0 Å². The number of nitrogens with zero attached hydrogens (tertiary/aromatic N) is 4. The van der Waals surface area contributed by atoms with Crippen LogP contribution in [0.4, 0.5) is 0 Å². The van der Waals surface area contributed by atoms with Crippen molar-refractivity contribution in [3.8, 4) is 5.75 Å². The normalized spacial score (nSPS) is 15.3. The smallest absolute Gasteiger partial charge is 0.241 e. The molecule has 8 nitrogen and oxygen atoms in total. The van der Waals surface area contributed by atoms with Crippen LogP contribution in [0.1, 0.15) is 43.2 Å². The predicted molar refractivity (Wildman–Crippen MR) is 102 cm³/mol. The molecule has 1 N–H and O–H groups in total. The molecule has 0 spiro atoms. The van der Waals surface area contributed by atoms with Gasteiger partial charge in [0.1, 0.15) is 12.4 Å². The number of rotatable bonds is 8. The molecule has 4 rings (SSSR count). The molecule has 1 aromatic heterocycles. The molecule has 9 heteroatoms. The van der Waals surface area contributed by atoms with E-state index < -0.39 is 16.1 Å². The number of hydrogen-bond donors (Lipinski definition) is 1. The number of benzene rings is 2. The highest BCUT2D eigenvalue weighted by Crippen LogP contribution is 2.35. The fourth-order valence-corrected chi connectivity index (χ4v) is 4.08. The summed E-state index contributed by atoms with van der Waals surface area (Å²) in [5.41, 5.74) is 1.04. The molecule has 3 aromatic rings. The van der Waals surface area contributed by atoms with Crippen molar-refractivity contribution in [3.63, 3.8) is 0 Å². The van der Waals surface area contributed by atoms with Gasteiger partial charge in [0.2, 0.25) is 10.0 Å². The van der Waals surface area contributed by atoms with Gasteiger partial charge in [-0.3, -0.25) is 0 Å². The lowest BCUT2D eigenvalue weighted by Gasteiger charge is -2.14. The minimum absolute atomic E-state index is 0.164. The third-order valence-corrected chi connectivity index (χ3v) is 6.07. The monoisotopic (exact) mass is 399 g/mol. The molecular weight excluding hydrogens is 378 g/mol. The topological polar surface area (TPSA) is 99.0 Å². The van der Waals surface area contributed by atoms with Crippen LogP contribution in [0.15, 0.2) is 59.5 Å². The Bertz CT molecular complexity index is 1030. The minimum atomic E-state index is -3.71. The summed E-state index contributed by atoms with van der Waals surface area (Å²) < 4.78 is 35.4. The number of nitrogens with one attached hydrogen (secondary N) is 1. The molecule has 0 bridgehead atoms. The van der Waals surface area contributed by atoms with Gasteiger partial charge in [0, 0.05) is 0 Å². The van der Waals surface area contributed by atoms with Crippen molar-refractivity contribution >= 4 is 10.0 Å².